The van der Waals surface area contributed by atoms with E-state index in [1.807, 2.05) is 18.4 Å². The van der Waals surface area contributed by atoms with Crippen molar-refractivity contribution in [3.8, 4) is 0 Å². The predicted molar refractivity (Wildman–Crippen MR) is 84.3 cm³/mol. The molecule has 0 aliphatic carbocycles. The average molecular weight is 395 g/mol. The fraction of sp³-hybridized carbons (Fsp3) is 0.333. The highest BCUT2D eigenvalue weighted by Crippen LogP contribution is 2.34. The van der Waals surface area contributed by atoms with Crippen LogP contribution in [0.25, 0.3) is 0 Å². The minimum Gasteiger partial charge on any atom is -0.312 e. The average Bonchev–Trinajstić information content (AvgIpc) is 2.83. The first-order chi connectivity index (χ1) is 8.10. The minimum atomic E-state index is 0.399. The minimum absolute atomic E-state index is 0.399. The van der Waals surface area contributed by atoms with Crippen LogP contribution in [-0.4, -0.2) is 7.05 Å². The first-order valence-electron chi connectivity index (χ1n) is 5.27. The van der Waals surface area contributed by atoms with E-state index in [4.69, 9.17) is 0 Å². The number of thiophene rings is 2. The third-order valence-electron chi connectivity index (χ3n) is 2.60. The number of hydrogen-bond donors (Lipinski definition) is 1. The molecular weight excluding hydrogens is 382 g/mol. The molecule has 2 aromatic rings. The Kier molecular flexibility index (Phi) is 4.83. The van der Waals surface area contributed by atoms with E-state index in [0.29, 0.717) is 6.04 Å². The van der Waals surface area contributed by atoms with Gasteiger partial charge in [0.15, 0.2) is 0 Å². The molecule has 0 fully saturated rings. The second-order valence-electron chi connectivity index (χ2n) is 3.86. The first kappa shape index (κ1) is 13.7. The molecule has 0 aromatic carbocycles. The number of nitrogens with one attached hydrogen (secondary N) is 1. The van der Waals surface area contributed by atoms with E-state index < -0.39 is 0 Å². The van der Waals surface area contributed by atoms with Crippen molar-refractivity contribution in [2.45, 2.75) is 19.4 Å². The van der Waals surface area contributed by atoms with Gasteiger partial charge in [0.1, 0.15) is 0 Å². The van der Waals surface area contributed by atoms with Crippen molar-refractivity contribution >= 4 is 54.5 Å². The lowest BCUT2D eigenvalue weighted by Crippen LogP contribution is -2.17. The summed E-state index contributed by atoms with van der Waals surface area (Å²) in [5.74, 6) is 0. The Labute approximate surface area is 127 Å². The maximum absolute atomic E-state index is 3.59. The molecule has 0 amide bonds. The highest BCUT2D eigenvalue weighted by atomic mass is 79.9. The van der Waals surface area contributed by atoms with Crippen molar-refractivity contribution in [3.05, 3.63) is 41.1 Å². The lowest BCUT2D eigenvalue weighted by molar-refractivity contribution is 0.606. The number of halogens is 2. The van der Waals surface area contributed by atoms with E-state index in [9.17, 15) is 0 Å². The quantitative estimate of drug-likeness (QED) is 0.756. The molecule has 92 valence electrons. The van der Waals surface area contributed by atoms with Gasteiger partial charge in [0.25, 0.3) is 0 Å². The summed E-state index contributed by atoms with van der Waals surface area (Å²) >= 11 is 10.7. The lowest BCUT2D eigenvalue weighted by Gasteiger charge is -2.13. The summed E-state index contributed by atoms with van der Waals surface area (Å²) in [6.45, 7) is 2.14. The molecule has 0 saturated heterocycles. The molecule has 0 spiro atoms. The number of aryl methyl sites for hydroxylation is 1. The van der Waals surface area contributed by atoms with E-state index in [1.165, 1.54) is 22.9 Å². The van der Waals surface area contributed by atoms with Crippen molar-refractivity contribution in [1.29, 1.82) is 0 Å². The standard InChI is InChI=1S/C12H13Br2NS2/c1-7-5-10(17-12(7)14)9(15-2)6-8-3-4-11(13)16-8/h3-5,9,15H,6H2,1-2H3. The summed E-state index contributed by atoms with van der Waals surface area (Å²) in [5, 5.41) is 3.40. The van der Waals surface area contributed by atoms with E-state index >= 15 is 0 Å². The second kappa shape index (κ2) is 5.97. The van der Waals surface area contributed by atoms with Crippen LogP contribution in [0.4, 0.5) is 0 Å². The van der Waals surface area contributed by atoms with Crippen LogP contribution in [0.2, 0.25) is 0 Å². The molecule has 0 saturated carbocycles. The normalized spacial score (nSPS) is 12.9. The molecule has 1 atom stereocenters. The van der Waals surface area contributed by atoms with Crippen LogP contribution in [0.5, 0.6) is 0 Å². The predicted octanol–water partition coefficient (Wildman–Crippen LogP) is 5.15. The van der Waals surface area contributed by atoms with Crippen LogP contribution in [0.3, 0.4) is 0 Å². The van der Waals surface area contributed by atoms with E-state index in [-0.39, 0.29) is 0 Å². The van der Waals surface area contributed by atoms with Crippen LogP contribution in [0.15, 0.2) is 25.8 Å². The molecule has 2 aromatic heterocycles. The highest BCUT2D eigenvalue weighted by molar-refractivity contribution is 9.11. The molecule has 1 N–H and O–H groups in total. The Bertz CT molecular complexity index is 485. The van der Waals surface area contributed by atoms with Gasteiger partial charge in [-0.3, -0.25) is 0 Å². The van der Waals surface area contributed by atoms with Gasteiger partial charge in [-0.05, 0) is 69.6 Å². The van der Waals surface area contributed by atoms with E-state index in [2.05, 4.69) is 62.3 Å². The highest BCUT2D eigenvalue weighted by Gasteiger charge is 2.15. The van der Waals surface area contributed by atoms with Gasteiger partial charge in [0.05, 0.1) is 7.57 Å². The summed E-state index contributed by atoms with van der Waals surface area (Å²) in [7, 11) is 2.02. The van der Waals surface area contributed by atoms with Crippen molar-refractivity contribution in [2.75, 3.05) is 7.05 Å². The van der Waals surface area contributed by atoms with E-state index in [0.717, 1.165) is 6.42 Å². The topological polar surface area (TPSA) is 12.0 Å². The third kappa shape index (κ3) is 3.41. The third-order valence-corrected chi connectivity index (χ3v) is 6.50. The first-order valence-corrected chi connectivity index (χ1v) is 8.49. The molecular formula is C12H13Br2NS2. The van der Waals surface area contributed by atoms with Gasteiger partial charge in [-0.25, -0.2) is 0 Å². The molecule has 2 heterocycles. The van der Waals surface area contributed by atoms with Crippen molar-refractivity contribution in [2.24, 2.45) is 0 Å². The number of likely N-dealkylation sites (N-methyl/N-ethyl adjacent to an activating group) is 1. The summed E-state index contributed by atoms with van der Waals surface area (Å²) in [6.07, 6.45) is 1.04. The van der Waals surface area contributed by atoms with Crippen LogP contribution < -0.4 is 5.32 Å². The van der Waals surface area contributed by atoms with Crippen molar-refractivity contribution < 1.29 is 0 Å². The van der Waals surface area contributed by atoms with Gasteiger partial charge in [-0.2, -0.15) is 0 Å². The van der Waals surface area contributed by atoms with Gasteiger partial charge in [-0.15, -0.1) is 22.7 Å². The summed E-state index contributed by atoms with van der Waals surface area (Å²) < 4.78 is 2.44. The zero-order valence-electron chi connectivity index (χ0n) is 9.59. The van der Waals surface area contributed by atoms with Crippen LogP contribution in [0.1, 0.15) is 21.4 Å². The fourth-order valence-corrected chi connectivity index (χ4v) is 4.87. The van der Waals surface area contributed by atoms with Crippen molar-refractivity contribution in [1.82, 2.24) is 5.32 Å². The second-order valence-corrected chi connectivity index (χ2v) is 8.81. The smallest absolute Gasteiger partial charge is 0.0731 e. The number of rotatable bonds is 4. The fourth-order valence-electron chi connectivity index (χ4n) is 1.66. The molecule has 2 rings (SSSR count). The molecule has 0 radical (unpaired) electrons. The summed E-state index contributed by atoms with van der Waals surface area (Å²) in [6, 6.07) is 6.96. The maximum Gasteiger partial charge on any atom is 0.0731 e. The SMILES string of the molecule is CNC(Cc1ccc(Br)s1)c1cc(C)c(Br)s1. The Morgan fingerprint density at radius 2 is 2.06 bits per heavy atom. The molecule has 1 nitrogen and oxygen atoms in total. The van der Waals surface area contributed by atoms with E-state index in [1.54, 1.807) is 11.3 Å². The molecule has 0 aliphatic rings. The largest absolute Gasteiger partial charge is 0.312 e. The van der Waals surface area contributed by atoms with Crippen LogP contribution in [-0.2, 0) is 6.42 Å². The van der Waals surface area contributed by atoms with Gasteiger partial charge >= 0.3 is 0 Å². The van der Waals surface area contributed by atoms with Crippen LogP contribution in [0, 0.1) is 6.92 Å². The van der Waals surface area contributed by atoms with Gasteiger partial charge < -0.3 is 5.32 Å². The molecule has 0 bridgehead atoms. The molecule has 17 heavy (non-hydrogen) atoms. The maximum atomic E-state index is 3.59. The van der Waals surface area contributed by atoms with Gasteiger partial charge in [0.2, 0.25) is 0 Å². The Balaban J connectivity index is 2.16. The molecule has 0 aliphatic heterocycles. The number of hydrogen-bond acceptors (Lipinski definition) is 3. The Morgan fingerprint density at radius 3 is 2.53 bits per heavy atom. The zero-order valence-corrected chi connectivity index (χ0v) is 14.4. The summed E-state index contributed by atoms with van der Waals surface area (Å²) in [4.78, 5) is 2.79. The lowest BCUT2D eigenvalue weighted by atomic mass is 10.1. The zero-order chi connectivity index (χ0) is 12.4. The van der Waals surface area contributed by atoms with Crippen LogP contribution >= 0.6 is 54.5 Å². The molecule has 5 heteroatoms. The van der Waals surface area contributed by atoms with Crippen molar-refractivity contribution in [3.63, 3.8) is 0 Å². The monoisotopic (exact) mass is 393 g/mol. The Hall–Kier alpha value is 0.320. The van der Waals surface area contributed by atoms with Gasteiger partial charge in [0, 0.05) is 22.2 Å². The summed E-state index contributed by atoms with van der Waals surface area (Å²) in [5.41, 5.74) is 1.32. The molecule has 1 unspecified atom stereocenters. The Morgan fingerprint density at radius 1 is 1.29 bits per heavy atom. The van der Waals surface area contributed by atoms with Gasteiger partial charge in [-0.1, -0.05) is 0 Å².